The van der Waals surface area contributed by atoms with Crippen LogP contribution in [0.5, 0.6) is 0 Å². The molecular formula is C18H31N. The predicted octanol–water partition coefficient (Wildman–Crippen LogP) is 5.05. The number of allylic oxidation sites excluding steroid dienone is 1. The first-order valence-electron chi connectivity index (χ1n) is 8.34. The number of hydrogen-bond acceptors (Lipinski definition) is 1. The minimum Gasteiger partial charge on any atom is -0.382 e. The first-order valence-corrected chi connectivity index (χ1v) is 8.34. The van der Waals surface area contributed by atoms with Gasteiger partial charge < -0.3 is 5.32 Å². The number of rotatable bonds is 6. The van der Waals surface area contributed by atoms with Crippen LogP contribution in [0.3, 0.4) is 0 Å². The molecule has 0 aromatic heterocycles. The van der Waals surface area contributed by atoms with E-state index in [0.717, 1.165) is 11.8 Å². The topological polar surface area (TPSA) is 12.0 Å². The minimum atomic E-state index is 0.465. The third kappa shape index (κ3) is 3.64. The predicted molar refractivity (Wildman–Crippen MR) is 84.0 cm³/mol. The maximum absolute atomic E-state index is 4.24. The molecule has 1 saturated carbocycles. The van der Waals surface area contributed by atoms with Gasteiger partial charge in [0.2, 0.25) is 0 Å². The van der Waals surface area contributed by atoms with Crippen molar-refractivity contribution in [3.63, 3.8) is 0 Å². The summed E-state index contributed by atoms with van der Waals surface area (Å²) in [5.41, 5.74) is 1.26. The molecule has 1 N–H and O–H groups in total. The second kappa shape index (κ2) is 7.17. The van der Waals surface area contributed by atoms with Crippen molar-refractivity contribution in [3.8, 4) is 0 Å². The summed E-state index contributed by atoms with van der Waals surface area (Å²) in [6.45, 7) is 10.5. The van der Waals surface area contributed by atoms with Crippen LogP contribution in [0.25, 0.3) is 0 Å². The molecule has 108 valence electrons. The Morgan fingerprint density at radius 2 is 1.89 bits per heavy atom. The average molecular weight is 261 g/mol. The Kier molecular flexibility index (Phi) is 5.54. The Hall–Kier alpha value is -0.720. The van der Waals surface area contributed by atoms with Crippen molar-refractivity contribution in [2.75, 3.05) is 0 Å². The zero-order chi connectivity index (χ0) is 13.7. The molecule has 0 amide bonds. The highest BCUT2D eigenvalue weighted by atomic mass is 15.0. The molecule has 0 spiro atoms. The van der Waals surface area contributed by atoms with Crippen LogP contribution in [0, 0.1) is 17.8 Å². The van der Waals surface area contributed by atoms with E-state index in [9.17, 15) is 0 Å². The zero-order valence-corrected chi connectivity index (χ0v) is 12.7. The third-order valence-electron chi connectivity index (χ3n) is 5.26. The maximum Gasteiger partial charge on any atom is 0.0473 e. The van der Waals surface area contributed by atoms with Crippen LogP contribution in [-0.4, -0.2) is 6.04 Å². The summed E-state index contributed by atoms with van der Waals surface area (Å²) in [6.07, 6.45) is 14.8. The van der Waals surface area contributed by atoms with Crippen molar-refractivity contribution in [2.45, 2.75) is 70.8 Å². The van der Waals surface area contributed by atoms with Gasteiger partial charge in [0.05, 0.1) is 0 Å². The Bertz CT molecular complexity index is 301. The summed E-state index contributed by atoms with van der Waals surface area (Å²) in [5, 5.41) is 3.56. The highest BCUT2D eigenvalue weighted by molar-refractivity contribution is 5.15. The van der Waals surface area contributed by atoms with E-state index in [0.29, 0.717) is 12.0 Å². The lowest BCUT2D eigenvalue weighted by Crippen LogP contribution is -2.25. The lowest BCUT2D eigenvalue weighted by molar-refractivity contribution is 0.278. The van der Waals surface area contributed by atoms with Crippen LogP contribution in [-0.2, 0) is 0 Å². The normalized spacial score (nSPS) is 32.3. The highest BCUT2D eigenvalue weighted by Gasteiger charge is 2.36. The highest BCUT2D eigenvalue weighted by Crippen LogP contribution is 2.38. The number of nitrogens with one attached hydrogen (secondary N) is 1. The van der Waals surface area contributed by atoms with Gasteiger partial charge in [-0.05, 0) is 24.7 Å². The fourth-order valence-corrected chi connectivity index (χ4v) is 4.15. The summed E-state index contributed by atoms with van der Waals surface area (Å²) in [7, 11) is 0. The Balaban J connectivity index is 1.89. The molecule has 0 aromatic rings. The van der Waals surface area contributed by atoms with E-state index in [1.54, 1.807) is 0 Å². The SMILES string of the molecule is C=CC1NC(=C)C(CCC)C1CCC1CCCCC1. The summed E-state index contributed by atoms with van der Waals surface area (Å²) in [4.78, 5) is 0. The monoisotopic (exact) mass is 261 g/mol. The molecule has 2 rings (SSSR count). The van der Waals surface area contributed by atoms with Crippen molar-refractivity contribution in [2.24, 2.45) is 17.8 Å². The summed E-state index contributed by atoms with van der Waals surface area (Å²) < 4.78 is 0. The fourth-order valence-electron chi connectivity index (χ4n) is 4.15. The van der Waals surface area contributed by atoms with E-state index in [-0.39, 0.29) is 0 Å². The molecule has 19 heavy (non-hydrogen) atoms. The fraction of sp³-hybridized carbons (Fsp3) is 0.778. The lowest BCUT2D eigenvalue weighted by atomic mass is 9.78. The van der Waals surface area contributed by atoms with Gasteiger partial charge in [-0.15, -0.1) is 6.58 Å². The standard InChI is InChI=1S/C18H31N/c1-4-9-16-14(3)19-18(5-2)17(16)13-12-15-10-7-6-8-11-15/h5,15-19H,2-4,6-13H2,1H3. The van der Waals surface area contributed by atoms with Crippen molar-refractivity contribution in [3.05, 3.63) is 24.9 Å². The molecular weight excluding hydrogens is 230 g/mol. The smallest absolute Gasteiger partial charge is 0.0473 e. The van der Waals surface area contributed by atoms with Crippen LogP contribution in [0.2, 0.25) is 0 Å². The molecule has 0 radical (unpaired) electrons. The van der Waals surface area contributed by atoms with Crippen molar-refractivity contribution < 1.29 is 0 Å². The molecule has 1 saturated heterocycles. The van der Waals surface area contributed by atoms with Crippen molar-refractivity contribution >= 4 is 0 Å². The van der Waals surface area contributed by atoms with Crippen LogP contribution in [0.4, 0.5) is 0 Å². The number of hydrogen-bond donors (Lipinski definition) is 1. The summed E-state index contributed by atoms with van der Waals surface area (Å²) in [6, 6.07) is 0.465. The van der Waals surface area contributed by atoms with Gasteiger partial charge >= 0.3 is 0 Å². The molecule has 2 fully saturated rings. The van der Waals surface area contributed by atoms with Crippen LogP contribution >= 0.6 is 0 Å². The van der Waals surface area contributed by atoms with E-state index in [4.69, 9.17) is 0 Å². The quantitative estimate of drug-likeness (QED) is 0.660. The molecule has 3 unspecified atom stereocenters. The molecule has 2 aliphatic rings. The Labute approximate surface area is 119 Å². The van der Waals surface area contributed by atoms with Crippen LogP contribution in [0.1, 0.15) is 64.7 Å². The van der Waals surface area contributed by atoms with Crippen LogP contribution < -0.4 is 5.32 Å². The third-order valence-corrected chi connectivity index (χ3v) is 5.26. The van der Waals surface area contributed by atoms with Gasteiger partial charge in [0.25, 0.3) is 0 Å². The first kappa shape index (κ1) is 14.7. The van der Waals surface area contributed by atoms with Gasteiger partial charge in [0.1, 0.15) is 0 Å². The van der Waals surface area contributed by atoms with E-state index in [2.05, 4.69) is 31.5 Å². The molecule has 1 heterocycles. The second-order valence-corrected chi connectivity index (χ2v) is 6.57. The van der Waals surface area contributed by atoms with Crippen LogP contribution in [0.15, 0.2) is 24.9 Å². The largest absolute Gasteiger partial charge is 0.382 e. The van der Waals surface area contributed by atoms with Gasteiger partial charge in [0, 0.05) is 17.7 Å². The maximum atomic E-state index is 4.24. The lowest BCUT2D eigenvalue weighted by Gasteiger charge is -2.26. The van der Waals surface area contributed by atoms with Gasteiger partial charge in [-0.2, -0.15) is 0 Å². The molecule has 0 bridgehead atoms. The molecule has 3 atom stereocenters. The van der Waals surface area contributed by atoms with Gasteiger partial charge in [-0.25, -0.2) is 0 Å². The molecule has 1 nitrogen and oxygen atoms in total. The minimum absolute atomic E-state index is 0.465. The molecule has 1 aliphatic carbocycles. The zero-order valence-electron chi connectivity index (χ0n) is 12.7. The second-order valence-electron chi connectivity index (χ2n) is 6.57. The Morgan fingerprint density at radius 3 is 2.53 bits per heavy atom. The molecule has 1 aliphatic heterocycles. The first-order chi connectivity index (χ1) is 9.26. The van der Waals surface area contributed by atoms with E-state index in [1.165, 1.54) is 63.5 Å². The molecule has 1 heteroatoms. The van der Waals surface area contributed by atoms with Crippen molar-refractivity contribution in [1.29, 1.82) is 0 Å². The van der Waals surface area contributed by atoms with E-state index < -0.39 is 0 Å². The molecule has 0 aromatic carbocycles. The van der Waals surface area contributed by atoms with E-state index >= 15 is 0 Å². The summed E-state index contributed by atoms with van der Waals surface area (Å²) >= 11 is 0. The van der Waals surface area contributed by atoms with E-state index in [1.807, 2.05) is 0 Å². The Morgan fingerprint density at radius 1 is 1.16 bits per heavy atom. The van der Waals surface area contributed by atoms with Gasteiger partial charge in [-0.3, -0.25) is 0 Å². The van der Waals surface area contributed by atoms with Gasteiger partial charge in [0.15, 0.2) is 0 Å². The summed E-state index contributed by atoms with van der Waals surface area (Å²) in [5.74, 6) is 2.42. The average Bonchev–Trinajstić information content (AvgIpc) is 2.74. The van der Waals surface area contributed by atoms with Gasteiger partial charge in [-0.1, -0.05) is 64.5 Å². The van der Waals surface area contributed by atoms with Crippen molar-refractivity contribution in [1.82, 2.24) is 5.32 Å².